The molecule has 0 bridgehead atoms. The Hall–Kier alpha value is -3.62. The van der Waals surface area contributed by atoms with Crippen molar-refractivity contribution >= 4 is 43.2 Å². The summed E-state index contributed by atoms with van der Waals surface area (Å²) in [5, 5.41) is 0. The number of unbranched alkanes of at least 4 members (excludes halogenated alkanes) is 2. The third kappa shape index (κ3) is 7.03. The molecule has 0 unspecified atom stereocenters. The molecule has 2 aromatic rings. The van der Waals surface area contributed by atoms with Crippen LogP contribution in [0.2, 0.25) is 0 Å². The number of carbonyl (C=O) groups is 1. The average Bonchev–Trinajstić information content (AvgIpc) is 3.33. The van der Waals surface area contributed by atoms with Crippen LogP contribution < -0.4 is 16.2 Å². The van der Waals surface area contributed by atoms with Crippen LogP contribution in [0, 0.1) is 0 Å². The fourth-order valence-corrected chi connectivity index (χ4v) is 7.37. The van der Waals surface area contributed by atoms with E-state index in [1.54, 1.807) is 12.1 Å². The van der Waals surface area contributed by atoms with E-state index in [4.69, 9.17) is 5.84 Å². The molecule has 4 N–H and O–H groups in total. The van der Waals surface area contributed by atoms with Crippen LogP contribution in [0.15, 0.2) is 82.3 Å². The number of rotatable bonds is 12. The van der Waals surface area contributed by atoms with Gasteiger partial charge in [0.15, 0.2) is 5.71 Å². The van der Waals surface area contributed by atoms with Gasteiger partial charge in [-0.2, -0.15) is 13.0 Å². The first-order valence-electron chi connectivity index (χ1n) is 15.1. The molecule has 0 atom stereocenters. The van der Waals surface area contributed by atoms with Gasteiger partial charge in [0.2, 0.25) is 11.6 Å². The average molecular weight is 671 g/mol. The topological polar surface area (TPSA) is 173 Å². The lowest BCUT2D eigenvalue weighted by atomic mass is 9.81. The number of anilines is 1. The van der Waals surface area contributed by atoms with Crippen LogP contribution in [0.25, 0.3) is 0 Å². The Kier molecular flexibility index (Phi) is 10.1. The van der Waals surface area contributed by atoms with Gasteiger partial charge in [-0.3, -0.25) is 14.8 Å². The molecule has 0 aromatic heterocycles. The Morgan fingerprint density at radius 1 is 0.957 bits per heavy atom. The van der Waals surface area contributed by atoms with Crippen molar-refractivity contribution in [1.82, 2.24) is 5.43 Å². The van der Waals surface area contributed by atoms with Gasteiger partial charge in [0.1, 0.15) is 16.7 Å². The van der Waals surface area contributed by atoms with Crippen LogP contribution >= 0.6 is 0 Å². The molecule has 0 fully saturated rings. The van der Waals surface area contributed by atoms with Crippen molar-refractivity contribution in [2.45, 2.75) is 80.9 Å². The summed E-state index contributed by atoms with van der Waals surface area (Å²) in [5.41, 5.74) is 6.18. The molecular weight excluding hydrogens is 629 g/mol. The van der Waals surface area contributed by atoms with Crippen LogP contribution in [-0.2, 0) is 35.9 Å². The Morgan fingerprint density at radius 2 is 1.63 bits per heavy atom. The van der Waals surface area contributed by atoms with E-state index in [-0.39, 0.29) is 15.7 Å². The highest BCUT2D eigenvalue weighted by atomic mass is 32.2. The molecule has 2 aromatic carbocycles. The van der Waals surface area contributed by atoms with Crippen LogP contribution in [0.5, 0.6) is 0 Å². The molecule has 4 rings (SSSR count). The van der Waals surface area contributed by atoms with Gasteiger partial charge in [-0.1, -0.05) is 32.1 Å². The molecule has 13 heteroatoms. The summed E-state index contributed by atoms with van der Waals surface area (Å²) in [6.45, 7) is 11.3. The fraction of sp³-hybridized carbons (Fsp3) is 0.394. The number of nitrogens with two attached hydrogens (primary N) is 1. The number of hydrogen-bond donors (Lipinski definition) is 3. The lowest BCUT2D eigenvalue weighted by Crippen LogP contribution is -2.29. The Labute approximate surface area is 271 Å². The minimum atomic E-state index is -4.59. The summed E-state index contributed by atoms with van der Waals surface area (Å²) in [6, 6.07) is 9.13. The number of nitrogens with one attached hydrogen (secondary N) is 1. The predicted molar refractivity (Wildman–Crippen MR) is 177 cm³/mol. The molecular formula is C33H42N4O7S2. The first-order valence-corrected chi connectivity index (χ1v) is 18.0. The molecule has 11 nitrogen and oxygen atoms in total. The molecule has 1 amide bonds. The first kappa shape index (κ1) is 35.2. The smallest absolute Gasteiger partial charge is 0.294 e. The van der Waals surface area contributed by atoms with E-state index < -0.39 is 31.1 Å². The summed E-state index contributed by atoms with van der Waals surface area (Å²) in [4.78, 5) is 13.2. The standard InChI is InChI=1S/C33H42N4O7S2/c1-6-36-27-18-16-23(45(39,40)41)21-25(27)32(2,3)29(36)13-9-7-10-14-30-33(4,5)26-22-24(46(42,43)44)17-19-28(26)37(30)20-12-8-11-15-31(38)35-34/h7,9-10,13-14,16-19,21-22H,6,8,11-12,15,20,34H2,1-5H3,(H2-,35,38,39,40,41,42,43,44). The fourth-order valence-electron chi connectivity index (χ4n) is 6.37. The molecule has 0 radical (unpaired) electrons. The van der Waals surface area contributed by atoms with Crippen molar-refractivity contribution in [2.24, 2.45) is 5.84 Å². The predicted octanol–water partition coefficient (Wildman–Crippen LogP) is 4.58. The van der Waals surface area contributed by atoms with Crippen molar-refractivity contribution in [2.75, 3.05) is 18.0 Å². The molecule has 0 saturated carbocycles. The highest BCUT2D eigenvalue weighted by Gasteiger charge is 2.45. The second-order valence-corrected chi connectivity index (χ2v) is 15.3. The molecule has 0 spiro atoms. The highest BCUT2D eigenvalue weighted by Crippen LogP contribution is 2.48. The zero-order valence-corrected chi connectivity index (χ0v) is 28.4. The quantitative estimate of drug-likeness (QED) is 0.0556. The number of carbonyl (C=O) groups excluding carboxylic acids is 1. The Bertz CT molecular complexity index is 1870. The molecule has 0 aliphatic carbocycles. The van der Waals surface area contributed by atoms with Crippen LogP contribution in [0.4, 0.5) is 11.4 Å². The summed E-state index contributed by atoms with van der Waals surface area (Å²) in [5.74, 6) is 4.97. The van der Waals surface area contributed by atoms with Gasteiger partial charge in [-0.25, -0.2) is 14.3 Å². The van der Waals surface area contributed by atoms with Crippen LogP contribution in [0.3, 0.4) is 0 Å². The van der Waals surface area contributed by atoms with Crippen molar-refractivity contribution in [1.29, 1.82) is 0 Å². The molecule has 46 heavy (non-hydrogen) atoms. The number of hydrazine groups is 1. The largest absolute Gasteiger partial charge is 0.744 e. The van der Waals surface area contributed by atoms with Crippen molar-refractivity contribution < 1.29 is 35.3 Å². The molecule has 248 valence electrons. The van der Waals surface area contributed by atoms with E-state index in [2.05, 4.69) is 14.9 Å². The highest BCUT2D eigenvalue weighted by molar-refractivity contribution is 7.86. The van der Waals surface area contributed by atoms with E-state index in [9.17, 15) is 30.7 Å². The van der Waals surface area contributed by atoms with Gasteiger partial charge in [-0.15, -0.1) is 0 Å². The number of fused-ring (bicyclic) bond motifs is 2. The van der Waals surface area contributed by atoms with Crippen molar-refractivity contribution in [3.8, 4) is 0 Å². The van der Waals surface area contributed by atoms with E-state index in [0.717, 1.165) is 46.8 Å². The number of hydrogen-bond acceptors (Lipinski definition) is 8. The maximum absolute atomic E-state index is 11.9. The lowest BCUT2D eigenvalue weighted by molar-refractivity contribution is -0.438. The molecule has 2 heterocycles. The lowest BCUT2D eigenvalue weighted by Gasteiger charge is -2.25. The summed E-state index contributed by atoms with van der Waals surface area (Å²) < 4.78 is 70.8. The number of benzene rings is 2. The Morgan fingerprint density at radius 3 is 2.26 bits per heavy atom. The van der Waals surface area contributed by atoms with Gasteiger partial charge in [0, 0.05) is 53.9 Å². The third-order valence-corrected chi connectivity index (χ3v) is 10.5. The van der Waals surface area contributed by atoms with E-state index >= 15 is 0 Å². The summed E-state index contributed by atoms with van der Waals surface area (Å²) >= 11 is 0. The summed E-state index contributed by atoms with van der Waals surface area (Å²) in [7, 11) is -8.97. The van der Waals surface area contributed by atoms with Gasteiger partial charge in [-0.05, 0) is 75.6 Å². The maximum Gasteiger partial charge on any atom is 0.294 e. The van der Waals surface area contributed by atoms with Gasteiger partial charge >= 0.3 is 0 Å². The zero-order valence-electron chi connectivity index (χ0n) is 26.8. The van der Waals surface area contributed by atoms with Crippen molar-refractivity contribution in [3.63, 3.8) is 0 Å². The number of amides is 1. The third-order valence-electron chi connectivity index (χ3n) is 8.81. The normalized spacial score (nSPS) is 18.2. The molecule has 0 saturated heterocycles. The van der Waals surface area contributed by atoms with Gasteiger partial charge in [0.25, 0.3) is 10.1 Å². The minimum Gasteiger partial charge on any atom is -0.744 e. The molecule has 2 aliphatic heterocycles. The second-order valence-electron chi connectivity index (χ2n) is 12.5. The van der Waals surface area contributed by atoms with Gasteiger partial charge in [0.05, 0.1) is 15.2 Å². The first-order chi connectivity index (χ1) is 21.4. The maximum atomic E-state index is 11.9. The van der Waals surface area contributed by atoms with E-state index in [0.29, 0.717) is 25.9 Å². The number of allylic oxidation sites excluding steroid dienone is 6. The number of likely N-dealkylation sites (N-methyl/N-ethyl adjacent to an activating group) is 1. The summed E-state index contributed by atoms with van der Waals surface area (Å²) in [6.07, 6.45) is 12.3. The van der Waals surface area contributed by atoms with Crippen LogP contribution in [0.1, 0.15) is 71.4 Å². The number of nitrogens with zero attached hydrogens (tertiary/aromatic N) is 2. The van der Waals surface area contributed by atoms with E-state index in [1.165, 1.54) is 24.3 Å². The van der Waals surface area contributed by atoms with E-state index in [1.807, 2.05) is 65.0 Å². The zero-order chi connectivity index (χ0) is 34.1. The molecule has 2 aliphatic rings. The monoisotopic (exact) mass is 670 g/mol. The van der Waals surface area contributed by atoms with Crippen LogP contribution in [-0.4, -0.2) is 55.2 Å². The second kappa shape index (κ2) is 13.2. The van der Waals surface area contributed by atoms with Crippen molar-refractivity contribution in [3.05, 3.63) is 83.6 Å². The minimum absolute atomic E-state index is 0.163. The van der Waals surface area contributed by atoms with Gasteiger partial charge < -0.3 is 9.45 Å². The Balaban J connectivity index is 1.63. The SMILES string of the molecule is CCN1/C(=C/C=C/C=C/C2=[N+](CCCCCC(=O)NN)c3ccc(S(=O)(=O)O)cc3C2(C)C)C(C)(C)c2cc(S(=O)(=O)[O-])ccc21.